The minimum Gasteiger partial charge on any atom is -0.468 e. The minimum absolute atomic E-state index is 0.399. The van der Waals surface area contributed by atoms with Gasteiger partial charge in [0.1, 0.15) is 6.04 Å². The summed E-state index contributed by atoms with van der Waals surface area (Å²) < 4.78 is 5.55. The Kier molecular flexibility index (Phi) is 4.27. The molecule has 1 rings (SSSR count). The van der Waals surface area contributed by atoms with Crippen LogP contribution in [0.4, 0.5) is 0 Å². The first-order chi connectivity index (χ1) is 6.63. The van der Waals surface area contributed by atoms with Gasteiger partial charge in [0.15, 0.2) is 0 Å². The number of nitrogens with two attached hydrogens (primary N) is 1. The molecule has 0 aromatic carbocycles. The number of ether oxygens (including phenoxy) is 1. The third-order valence-electron chi connectivity index (χ3n) is 1.72. The molecule has 0 saturated heterocycles. The van der Waals surface area contributed by atoms with Crippen LogP contribution in [0, 0.1) is 3.57 Å². The highest BCUT2D eigenvalue weighted by atomic mass is 127. The number of aromatic nitrogens is 1. The SMILES string of the molecule is COC(=O)C(N)Cc1cncc(I)c1. The molecule has 0 saturated carbocycles. The molecule has 1 aromatic rings. The van der Waals surface area contributed by atoms with Crippen molar-refractivity contribution in [3.63, 3.8) is 0 Å². The Morgan fingerprint density at radius 3 is 3.00 bits per heavy atom. The van der Waals surface area contributed by atoms with Crippen molar-refractivity contribution in [2.75, 3.05) is 7.11 Å². The Labute approximate surface area is 96.0 Å². The first-order valence-electron chi connectivity index (χ1n) is 4.06. The van der Waals surface area contributed by atoms with Crippen molar-refractivity contribution in [2.45, 2.75) is 12.5 Å². The number of pyridine rings is 1. The number of nitrogens with zero attached hydrogens (tertiary/aromatic N) is 1. The highest BCUT2D eigenvalue weighted by Crippen LogP contribution is 2.07. The summed E-state index contributed by atoms with van der Waals surface area (Å²) >= 11 is 2.16. The summed E-state index contributed by atoms with van der Waals surface area (Å²) in [5.41, 5.74) is 6.54. The monoisotopic (exact) mass is 306 g/mol. The zero-order valence-corrected chi connectivity index (χ0v) is 9.89. The largest absolute Gasteiger partial charge is 0.468 e. The van der Waals surface area contributed by atoms with E-state index in [1.165, 1.54) is 7.11 Å². The Morgan fingerprint density at radius 1 is 1.71 bits per heavy atom. The van der Waals surface area contributed by atoms with Gasteiger partial charge in [0.25, 0.3) is 0 Å². The summed E-state index contributed by atoms with van der Waals surface area (Å²) in [4.78, 5) is 15.0. The molecule has 0 radical (unpaired) electrons. The number of hydrogen-bond donors (Lipinski definition) is 1. The minimum atomic E-state index is -0.611. The molecule has 1 atom stereocenters. The van der Waals surface area contributed by atoms with Crippen LogP contribution in [-0.2, 0) is 16.0 Å². The molecule has 0 fully saturated rings. The maximum atomic E-state index is 11.0. The molecule has 4 nitrogen and oxygen atoms in total. The molecule has 5 heteroatoms. The highest BCUT2D eigenvalue weighted by molar-refractivity contribution is 14.1. The quantitative estimate of drug-likeness (QED) is 0.660. The van der Waals surface area contributed by atoms with Crippen molar-refractivity contribution in [3.8, 4) is 0 Å². The zero-order valence-electron chi connectivity index (χ0n) is 7.74. The molecule has 0 bridgehead atoms. The topological polar surface area (TPSA) is 65.2 Å². The molecule has 14 heavy (non-hydrogen) atoms. The third kappa shape index (κ3) is 3.22. The molecule has 0 aliphatic carbocycles. The van der Waals surface area contributed by atoms with Crippen LogP contribution in [0.5, 0.6) is 0 Å². The lowest BCUT2D eigenvalue weighted by molar-refractivity contribution is -0.142. The van der Waals surface area contributed by atoms with Crippen molar-refractivity contribution in [2.24, 2.45) is 5.73 Å². The van der Waals surface area contributed by atoms with Crippen molar-refractivity contribution >= 4 is 28.6 Å². The van der Waals surface area contributed by atoms with Gasteiger partial charge in [-0.15, -0.1) is 0 Å². The Balaban J connectivity index is 2.64. The van der Waals surface area contributed by atoms with E-state index in [1.54, 1.807) is 12.4 Å². The summed E-state index contributed by atoms with van der Waals surface area (Å²) in [5, 5.41) is 0. The van der Waals surface area contributed by atoms with Gasteiger partial charge in [-0.1, -0.05) is 0 Å². The molecule has 1 heterocycles. The second-order valence-electron chi connectivity index (χ2n) is 2.85. The van der Waals surface area contributed by atoms with Gasteiger partial charge in [-0.3, -0.25) is 9.78 Å². The van der Waals surface area contributed by atoms with Gasteiger partial charge < -0.3 is 10.5 Å². The number of hydrogen-bond acceptors (Lipinski definition) is 4. The average molecular weight is 306 g/mol. The number of carbonyl (C=O) groups excluding carboxylic acids is 1. The van der Waals surface area contributed by atoms with E-state index < -0.39 is 12.0 Å². The number of rotatable bonds is 3. The highest BCUT2D eigenvalue weighted by Gasteiger charge is 2.14. The van der Waals surface area contributed by atoms with Crippen molar-refractivity contribution < 1.29 is 9.53 Å². The maximum absolute atomic E-state index is 11.0. The molecule has 0 spiro atoms. The van der Waals surface area contributed by atoms with Crippen LogP contribution in [0.2, 0.25) is 0 Å². The molecule has 1 unspecified atom stereocenters. The van der Waals surface area contributed by atoms with Gasteiger partial charge in [-0.2, -0.15) is 0 Å². The summed E-state index contributed by atoms with van der Waals surface area (Å²) in [6.07, 6.45) is 3.90. The predicted molar refractivity (Wildman–Crippen MR) is 60.6 cm³/mol. The Hall–Kier alpha value is -0.690. The van der Waals surface area contributed by atoms with Crippen LogP contribution in [0.3, 0.4) is 0 Å². The molecular formula is C9H11IN2O2. The number of methoxy groups -OCH3 is 1. The Morgan fingerprint density at radius 2 is 2.43 bits per heavy atom. The zero-order chi connectivity index (χ0) is 10.6. The van der Waals surface area contributed by atoms with Crippen LogP contribution in [-0.4, -0.2) is 24.1 Å². The van der Waals surface area contributed by atoms with Crippen molar-refractivity contribution in [3.05, 3.63) is 27.6 Å². The second kappa shape index (κ2) is 5.26. The summed E-state index contributed by atoms with van der Waals surface area (Å²) in [7, 11) is 1.33. The van der Waals surface area contributed by atoms with Gasteiger partial charge in [0, 0.05) is 16.0 Å². The fourth-order valence-corrected chi connectivity index (χ4v) is 1.62. The molecule has 2 N–H and O–H groups in total. The molecule has 0 aliphatic rings. The first kappa shape index (κ1) is 11.4. The molecular weight excluding hydrogens is 295 g/mol. The molecule has 1 aromatic heterocycles. The lowest BCUT2D eigenvalue weighted by Crippen LogP contribution is -2.33. The lowest BCUT2D eigenvalue weighted by atomic mass is 10.1. The van der Waals surface area contributed by atoms with E-state index in [4.69, 9.17) is 5.73 Å². The van der Waals surface area contributed by atoms with Crippen molar-refractivity contribution in [1.29, 1.82) is 0 Å². The normalized spacial score (nSPS) is 12.2. The van der Waals surface area contributed by atoms with Gasteiger partial charge in [0.05, 0.1) is 7.11 Å². The van der Waals surface area contributed by atoms with Crippen LogP contribution >= 0.6 is 22.6 Å². The number of carbonyl (C=O) groups is 1. The molecule has 0 amide bonds. The standard InChI is InChI=1S/C9H11IN2O2/c1-14-9(13)8(11)3-6-2-7(10)5-12-4-6/h2,4-5,8H,3,11H2,1H3. The Bertz CT molecular complexity index is 330. The fraction of sp³-hybridized carbons (Fsp3) is 0.333. The number of halogens is 1. The van der Waals surface area contributed by atoms with E-state index in [-0.39, 0.29) is 0 Å². The van der Waals surface area contributed by atoms with Gasteiger partial charge in [-0.25, -0.2) is 0 Å². The fourth-order valence-electron chi connectivity index (χ4n) is 1.06. The number of esters is 1. The van der Waals surface area contributed by atoms with Gasteiger partial charge >= 0.3 is 5.97 Å². The van der Waals surface area contributed by atoms with E-state index in [2.05, 4.69) is 32.3 Å². The average Bonchev–Trinajstić information content (AvgIpc) is 2.16. The van der Waals surface area contributed by atoms with Crippen LogP contribution < -0.4 is 5.73 Å². The smallest absolute Gasteiger partial charge is 0.322 e. The first-order valence-corrected chi connectivity index (χ1v) is 5.14. The van der Waals surface area contributed by atoms with E-state index in [0.717, 1.165) is 9.13 Å². The summed E-state index contributed by atoms with van der Waals surface area (Å²) in [6.45, 7) is 0. The van der Waals surface area contributed by atoms with Crippen LogP contribution in [0.15, 0.2) is 18.5 Å². The van der Waals surface area contributed by atoms with Crippen molar-refractivity contribution in [1.82, 2.24) is 4.98 Å². The van der Waals surface area contributed by atoms with Gasteiger partial charge in [0.2, 0.25) is 0 Å². The van der Waals surface area contributed by atoms with Crippen LogP contribution in [0.1, 0.15) is 5.56 Å². The van der Waals surface area contributed by atoms with Gasteiger partial charge in [-0.05, 0) is 40.6 Å². The van der Waals surface area contributed by atoms with E-state index in [1.807, 2.05) is 6.07 Å². The summed E-state index contributed by atoms with van der Waals surface area (Å²) in [5.74, 6) is -0.399. The van der Waals surface area contributed by atoms with E-state index in [9.17, 15) is 4.79 Å². The van der Waals surface area contributed by atoms with E-state index >= 15 is 0 Å². The van der Waals surface area contributed by atoms with E-state index in [0.29, 0.717) is 6.42 Å². The maximum Gasteiger partial charge on any atom is 0.322 e. The second-order valence-corrected chi connectivity index (χ2v) is 4.09. The molecule has 76 valence electrons. The summed E-state index contributed by atoms with van der Waals surface area (Å²) in [6, 6.07) is 1.33. The third-order valence-corrected chi connectivity index (χ3v) is 2.31. The lowest BCUT2D eigenvalue weighted by Gasteiger charge is -2.08. The predicted octanol–water partition coefficient (Wildman–Crippen LogP) is 0.729. The van der Waals surface area contributed by atoms with Crippen LogP contribution in [0.25, 0.3) is 0 Å². The molecule has 0 aliphatic heterocycles.